The number of nitrogens with zero attached hydrogens (tertiary/aromatic N) is 2. The minimum absolute atomic E-state index is 0.00178. The van der Waals surface area contributed by atoms with E-state index in [-0.39, 0.29) is 26.5 Å². The maximum Gasteiger partial charge on any atom is 0.358 e. The van der Waals surface area contributed by atoms with Gasteiger partial charge in [0.05, 0.1) is 27.9 Å². The van der Waals surface area contributed by atoms with Crippen LogP contribution in [0.4, 0.5) is 0 Å². The summed E-state index contributed by atoms with van der Waals surface area (Å²) in [7, 11) is 0. The molecule has 0 radical (unpaired) electrons. The highest BCUT2D eigenvalue weighted by Crippen LogP contribution is 2.31. The van der Waals surface area contributed by atoms with Crippen LogP contribution in [0.15, 0.2) is 35.1 Å². The van der Waals surface area contributed by atoms with Crippen LogP contribution in [0.3, 0.4) is 0 Å². The molecule has 3 aromatic heterocycles. The molecule has 0 atom stereocenters. The molecule has 0 fully saturated rings. The average Bonchev–Trinajstić information content (AvgIpc) is 3.28. The maximum atomic E-state index is 12.6. The van der Waals surface area contributed by atoms with E-state index in [0.29, 0.717) is 12.1 Å². The molecule has 9 heteroatoms. The van der Waals surface area contributed by atoms with Crippen LogP contribution in [0.1, 0.15) is 38.0 Å². The number of carbonyl (C=O) groups is 2. The van der Waals surface area contributed by atoms with Crippen LogP contribution in [0.25, 0.3) is 0 Å². The zero-order chi connectivity index (χ0) is 20.4. The van der Waals surface area contributed by atoms with Crippen LogP contribution in [0, 0.1) is 13.8 Å². The highest BCUT2D eigenvalue weighted by atomic mass is 35.5. The van der Waals surface area contributed by atoms with E-state index in [4.69, 9.17) is 44.0 Å². The second-order valence-corrected chi connectivity index (χ2v) is 7.20. The highest BCUT2D eigenvalue weighted by molar-refractivity contribution is 6.48. The van der Waals surface area contributed by atoms with Gasteiger partial charge in [-0.2, -0.15) is 0 Å². The molecule has 0 bridgehead atoms. The Bertz CT molecular complexity index is 1040. The smallest absolute Gasteiger partial charge is 0.358 e. The summed E-state index contributed by atoms with van der Waals surface area (Å²) in [5.41, 5.74) is 1.90. The van der Waals surface area contributed by atoms with Crippen LogP contribution in [-0.2, 0) is 11.3 Å². The molecule has 0 unspecified atom stereocenters. The van der Waals surface area contributed by atoms with Gasteiger partial charge in [0, 0.05) is 23.1 Å². The van der Waals surface area contributed by atoms with Crippen molar-refractivity contribution in [1.82, 2.24) is 9.55 Å². The minimum atomic E-state index is -0.860. The highest BCUT2D eigenvalue weighted by Gasteiger charge is 2.21. The van der Waals surface area contributed by atoms with Crippen molar-refractivity contribution < 1.29 is 18.7 Å². The molecule has 146 valence electrons. The fourth-order valence-electron chi connectivity index (χ4n) is 2.75. The minimum Gasteiger partial charge on any atom is -0.467 e. The largest absolute Gasteiger partial charge is 0.467 e. The predicted octanol–water partition coefficient (Wildman–Crippen LogP) is 5.14. The van der Waals surface area contributed by atoms with Crippen molar-refractivity contribution >= 4 is 46.6 Å². The van der Waals surface area contributed by atoms with Crippen LogP contribution in [-0.4, -0.2) is 27.9 Å². The van der Waals surface area contributed by atoms with E-state index in [1.807, 2.05) is 24.5 Å². The van der Waals surface area contributed by atoms with Crippen LogP contribution < -0.4 is 0 Å². The van der Waals surface area contributed by atoms with Gasteiger partial charge in [0.2, 0.25) is 5.78 Å². The summed E-state index contributed by atoms with van der Waals surface area (Å²) in [5, 5.41) is -0.00962. The number of Topliss-reactive ketones (excluding diaryl/α,β-unsaturated/α-hetero) is 1. The number of esters is 1. The van der Waals surface area contributed by atoms with E-state index in [2.05, 4.69) is 4.98 Å². The van der Waals surface area contributed by atoms with E-state index >= 15 is 0 Å². The van der Waals surface area contributed by atoms with Crippen LogP contribution >= 0.6 is 34.8 Å². The second-order valence-electron chi connectivity index (χ2n) is 6.03. The van der Waals surface area contributed by atoms with Crippen molar-refractivity contribution in [3.8, 4) is 0 Å². The Morgan fingerprint density at radius 2 is 1.96 bits per heavy atom. The molecule has 0 N–H and O–H groups in total. The summed E-state index contributed by atoms with van der Waals surface area (Å²) in [5.74, 6) is -0.433. The molecule has 0 saturated carbocycles. The zero-order valence-electron chi connectivity index (χ0n) is 15.0. The Balaban J connectivity index is 1.72. The summed E-state index contributed by atoms with van der Waals surface area (Å²) in [6.07, 6.45) is 2.79. The topological polar surface area (TPSA) is 74.3 Å². The molecular formula is C19H15Cl3N2O4. The van der Waals surface area contributed by atoms with Gasteiger partial charge in [-0.05, 0) is 32.0 Å². The third-order valence-corrected chi connectivity index (χ3v) is 5.45. The molecule has 0 aliphatic rings. The fourth-order valence-corrected chi connectivity index (χ4v) is 3.31. The molecule has 0 spiro atoms. The number of rotatable bonds is 6. The van der Waals surface area contributed by atoms with Crippen molar-refractivity contribution in [3.05, 3.63) is 74.1 Å². The Kier molecular flexibility index (Phi) is 6.13. The standard InChI is InChI=1S/C19H15Cl3N2O4/c1-10-6-13(11(2)24(10)8-12-4-3-5-27-12)15(25)9-28-19(26)18-17(22)16(21)14(20)7-23-18/h3-7H,8-9H2,1-2H3. The van der Waals surface area contributed by atoms with E-state index in [1.54, 1.807) is 18.4 Å². The van der Waals surface area contributed by atoms with Gasteiger partial charge in [0.1, 0.15) is 5.76 Å². The lowest BCUT2D eigenvalue weighted by Crippen LogP contribution is -2.16. The second kappa shape index (κ2) is 8.39. The third kappa shape index (κ3) is 4.09. The van der Waals surface area contributed by atoms with Gasteiger partial charge in [-0.15, -0.1) is 0 Å². The number of hydrogen-bond acceptors (Lipinski definition) is 5. The van der Waals surface area contributed by atoms with Gasteiger partial charge < -0.3 is 13.7 Å². The first-order valence-corrected chi connectivity index (χ1v) is 9.32. The number of ether oxygens (including phenoxy) is 1. The quantitative estimate of drug-likeness (QED) is 0.391. The molecule has 3 rings (SSSR count). The molecule has 3 heterocycles. The number of furan rings is 1. The number of hydrogen-bond donors (Lipinski definition) is 0. The summed E-state index contributed by atoms with van der Waals surface area (Å²) in [6.45, 7) is 3.75. The van der Waals surface area contributed by atoms with Gasteiger partial charge in [-0.3, -0.25) is 4.79 Å². The first-order valence-electron chi connectivity index (χ1n) is 8.18. The molecule has 6 nitrogen and oxygen atoms in total. The van der Waals surface area contributed by atoms with Gasteiger partial charge >= 0.3 is 5.97 Å². The van der Waals surface area contributed by atoms with Gasteiger partial charge in [-0.1, -0.05) is 34.8 Å². The predicted molar refractivity (Wildman–Crippen MR) is 106 cm³/mol. The Morgan fingerprint density at radius 1 is 1.21 bits per heavy atom. The summed E-state index contributed by atoms with van der Waals surface area (Å²) in [4.78, 5) is 28.6. The van der Waals surface area contributed by atoms with E-state index in [1.165, 1.54) is 6.20 Å². The summed E-state index contributed by atoms with van der Waals surface area (Å²) < 4.78 is 12.4. The summed E-state index contributed by atoms with van der Waals surface area (Å²) >= 11 is 17.7. The van der Waals surface area contributed by atoms with E-state index in [9.17, 15) is 9.59 Å². The average molecular weight is 442 g/mol. The fraction of sp³-hybridized carbons (Fsp3) is 0.211. The normalized spacial score (nSPS) is 10.9. The van der Waals surface area contributed by atoms with Gasteiger partial charge in [-0.25, -0.2) is 9.78 Å². The number of carbonyl (C=O) groups excluding carboxylic acids is 2. The van der Waals surface area contributed by atoms with Gasteiger partial charge in [0.15, 0.2) is 12.3 Å². The van der Waals surface area contributed by atoms with Crippen molar-refractivity contribution in [3.63, 3.8) is 0 Å². The molecule has 0 aliphatic carbocycles. The Morgan fingerprint density at radius 3 is 2.64 bits per heavy atom. The zero-order valence-corrected chi connectivity index (χ0v) is 17.2. The first-order chi connectivity index (χ1) is 13.3. The van der Waals surface area contributed by atoms with Crippen molar-refractivity contribution in [2.75, 3.05) is 6.61 Å². The van der Waals surface area contributed by atoms with Crippen LogP contribution in [0.2, 0.25) is 15.1 Å². The van der Waals surface area contributed by atoms with Crippen molar-refractivity contribution in [2.45, 2.75) is 20.4 Å². The lowest BCUT2D eigenvalue weighted by molar-refractivity contribution is 0.0469. The number of aryl methyl sites for hydroxylation is 1. The van der Waals surface area contributed by atoms with Crippen LogP contribution in [0.5, 0.6) is 0 Å². The third-order valence-electron chi connectivity index (χ3n) is 4.21. The number of halogens is 3. The monoisotopic (exact) mass is 440 g/mol. The van der Waals surface area contributed by atoms with Crippen molar-refractivity contribution in [1.29, 1.82) is 0 Å². The molecule has 0 saturated heterocycles. The number of aromatic nitrogens is 2. The Labute approximate surface area is 176 Å². The lowest BCUT2D eigenvalue weighted by Gasteiger charge is -2.08. The molecule has 0 aliphatic heterocycles. The maximum absolute atomic E-state index is 12.6. The van der Waals surface area contributed by atoms with Crippen molar-refractivity contribution in [2.24, 2.45) is 0 Å². The SMILES string of the molecule is Cc1cc(C(=O)COC(=O)c2ncc(Cl)c(Cl)c2Cl)c(C)n1Cc1ccco1. The summed E-state index contributed by atoms with van der Waals surface area (Å²) in [6, 6.07) is 5.41. The molecular weight excluding hydrogens is 427 g/mol. The molecule has 28 heavy (non-hydrogen) atoms. The number of ketones is 1. The number of pyridine rings is 1. The van der Waals surface area contributed by atoms with E-state index < -0.39 is 12.6 Å². The molecule has 0 amide bonds. The molecule has 3 aromatic rings. The Hall–Kier alpha value is -2.28. The lowest BCUT2D eigenvalue weighted by atomic mass is 10.1. The molecule has 0 aromatic carbocycles. The van der Waals surface area contributed by atoms with Gasteiger partial charge in [0.25, 0.3) is 0 Å². The first kappa shape index (κ1) is 20.5. The van der Waals surface area contributed by atoms with E-state index in [0.717, 1.165) is 17.1 Å².